The monoisotopic (exact) mass is 391 g/mol. The first-order valence-electron chi connectivity index (χ1n) is 8.62. The molecule has 1 amide bonds. The van der Waals surface area contributed by atoms with E-state index in [0.717, 1.165) is 5.56 Å². The molecule has 27 heavy (non-hydrogen) atoms. The quantitative estimate of drug-likeness (QED) is 0.786. The van der Waals surface area contributed by atoms with Gasteiger partial charge in [-0.25, -0.2) is 9.18 Å². The highest BCUT2D eigenvalue weighted by molar-refractivity contribution is 6.30. The largest absolute Gasteiger partial charge is 0.478 e. The highest BCUT2D eigenvalue weighted by Gasteiger charge is 2.31. The normalized spacial score (nSPS) is 19.0. The summed E-state index contributed by atoms with van der Waals surface area (Å²) in [5, 5.41) is 11.9. The lowest BCUT2D eigenvalue weighted by atomic mass is 10.0. The summed E-state index contributed by atoms with van der Waals surface area (Å²) in [7, 11) is 0. The molecule has 0 radical (unpaired) electrons. The molecular formula is C20H19ClFNO4. The second-order valence-corrected chi connectivity index (χ2v) is 6.84. The van der Waals surface area contributed by atoms with Gasteiger partial charge in [-0.05, 0) is 48.2 Å². The molecule has 0 saturated carbocycles. The van der Waals surface area contributed by atoms with Crippen molar-refractivity contribution < 1.29 is 23.8 Å². The summed E-state index contributed by atoms with van der Waals surface area (Å²) in [5.41, 5.74) is 1.74. The van der Waals surface area contributed by atoms with Gasteiger partial charge in [-0.3, -0.25) is 4.79 Å². The zero-order chi connectivity index (χ0) is 19.4. The number of nitrogens with one attached hydrogen (secondary N) is 1. The van der Waals surface area contributed by atoms with Gasteiger partial charge in [0.25, 0.3) is 0 Å². The maximum atomic E-state index is 13.7. The van der Waals surface area contributed by atoms with E-state index in [1.54, 1.807) is 18.2 Å². The van der Waals surface area contributed by atoms with Crippen LogP contribution in [0.2, 0.25) is 5.02 Å². The molecule has 7 heteroatoms. The van der Waals surface area contributed by atoms with E-state index >= 15 is 0 Å². The zero-order valence-electron chi connectivity index (χ0n) is 14.5. The van der Waals surface area contributed by atoms with Crippen LogP contribution in [-0.2, 0) is 16.0 Å². The zero-order valence-corrected chi connectivity index (χ0v) is 15.2. The topological polar surface area (TPSA) is 75.6 Å². The molecule has 2 aromatic rings. The van der Waals surface area contributed by atoms with Gasteiger partial charge in [-0.15, -0.1) is 0 Å². The van der Waals surface area contributed by atoms with Crippen molar-refractivity contribution in [1.29, 1.82) is 0 Å². The first-order chi connectivity index (χ1) is 12.9. The number of aryl methyl sites for hydroxylation is 1. The summed E-state index contributed by atoms with van der Waals surface area (Å²) in [6.07, 6.45) is 1.01. The first kappa shape index (κ1) is 19.3. The van der Waals surface area contributed by atoms with Gasteiger partial charge < -0.3 is 15.2 Å². The van der Waals surface area contributed by atoms with Gasteiger partial charge in [-0.1, -0.05) is 29.8 Å². The molecule has 1 aliphatic rings. The van der Waals surface area contributed by atoms with Gasteiger partial charge >= 0.3 is 5.97 Å². The van der Waals surface area contributed by atoms with E-state index in [-0.39, 0.29) is 29.0 Å². The fourth-order valence-corrected chi connectivity index (χ4v) is 3.22. The molecule has 0 aromatic heterocycles. The number of hydrogen-bond donors (Lipinski definition) is 2. The van der Waals surface area contributed by atoms with E-state index < -0.39 is 17.9 Å². The molecule has 1 heterocycles. The minimum atomic E-state index is -0.981. The maximum absolute atomic E-state index is 13.7. The lowest BCUT2D eigenvalue weighted by molar-refractivity contribution is -0.122. The predicted molar refractivity (Wildman–Crippen MR) is 98.4 cm³/mol. The number of carbonyl (C=O) groups is 2. The van der Waals surface area contributed by atoms with E-state index in [2.05, 4.69) is 5.32 Å². The molecular weight excluding hydrogens is 373 g/mol. The van der Waals surface area contributed by atoms with Crippen molar-refractivity contribution in [3.05, 3.63) is 70.0 Å². The Balaban J connectivity index is 1.56. The number of hydrogen-bond acceptors (Lipinski definition) is 3. The van der Waals surface area contributed by atoms with Crippen LogP contribution in [0.1, 0.15) is 40.4 Å². The molecule has 1 fully saturated rings. The van der Waals surface area contributed by atoms with Gasteiger partial charge in [0.1, 0.15) is 11.9 Å². The molecule has 3 rings (SSSR count). The first-order valence-corrected chi connectivity index (χ1v) is 9.00. The molecule has 0 bridgehead atoms. The van der Waals surface area contributed by atoms with E-state index in [4.69, 9.17) is 21.4 Å². The number of carboxylic acid groups (broad SMARTS) is 1. The molecule has 0 aliphatic carbocycles. The van der Waals surface area contributed by atoms with Crippen LogP contribution in [0.3, 0.4) is 0 Å². The Hall–Kier alpha value is -2.44. The summed E-state index contributed by atoms with van der Waals surface area (Å²) in [4.78, 5) is 23.1. The van der Waals surface area contributed by atoms with Crippen LogP contribution in [-0.4, -0.2) is 29.6 Å². The van der Waals surface area contributed by atoms with Gasteiger partial charge in [0.05, 0.1) is 16.6 Å². The fraction of sp³-hybridized carbons (Fsp3) is 0.300. The van der Waals surface area contributed by atoms with Crippen LogP contribution in [0.15, 0.2) is 42.5 Å². The average molecular weight is 392 g/mol. The second kappa shape index (κ2) is 8.50. The predicted octanol–water partition coefficient (Wildman–Crippen LogP) is 3.76. The second-order valence-electron chi connectivity index (χ2n) is 6.43. The molecule has 2 aromatic carbocycles. The van der Waals surface area contributed by atoms with Crippen LogP contribution in [0.5, 0.6) is 0 Å². The van der Waals surface area contributed by atoms with Crippen molar-refractivity contribution in [2.45, 2.75) is 31.4 Å². The Kier molecular flexibility index (Phi) is 6.08. The van der Waals surface area contributed by atoms with E-state index in [9.17, 15) is 14.0 Å². The van der Waals surface area contributed by atoms with Crippen molar-refractivity contribution in [3.8, 4) is 0 Å². The lowest BCUT2D eigenvalue weighted by Gasteiger charge is -2.20. The Morgan fingerprint density at radius 1 is 1.22 bits per heavy atom. The standard InChI is InChI=1S/C20H19ClFNO4/c21-15-7-6-14(11-16(15)22)19-17(9-10-27-19)23-18(24)8-3-12-1-4-13(5-2-12)20(25)26/h1-2,4-7,11,17,19H,3,8-10H2,(H,23,24)(H,25,26). The highest BCUT2D eigenvalue weighted by Crippen LogP contribution is 2.31. The molecule has 5 nitrogen and oxygen atoms in total. The Morgan fingerprint density at radius 3 is 2.63 bits per heavy atom. The van der Waals surface area contributed by atoms with Gasteiger partial charge in [-0.2, -0.15) is 0 Å². The molecule has 0 spiro atoms. The third-order valence-corrected chi connectivity index (χ3v) is 4.86. The summed E-state index contributed by atoms with van der Waals surface area (Å²) in [6.45, 7) is 0.483. The number of carbonyl (C=O) groups excluding carboxylic acids is 1. The van der Waals surface area contributed by atoms with Crippen LogP contribution < -0.4 is 5.32 Å². The third-order valence-electron chi connectivity index (χ3n) is 4.55. The Bertz CT molecular complexity index is 840. The van der Waals surface area contributed by atoms with Crippen molar-refractivity contribution >= 4 is 23.5 Å². The highest BCUT2D eigenvalue weighted by atomic mass is 35.5. The smallest absolute Gasteiger partial charge is 0.335 e. The van der Waals surface area contributed by atoms with E-state index in [0.29, 0.717) is 25.0 Å². The maximum Gasteiger partial charge on any atom is 0.335 e. The SMILES string of the molecule is O=C(CCc1ccc(C(=O)O)cc1)NC1CCOC1c1ccc(Cl)c(F)c1. The molecule has 1 saturated heterocycles. The molecule has 2 N–H and O–H groups in total. The average Bonchev–Trinajstić information content (AvgIpc) is 3.10. The van der Waals surface area contributed by atoms with Crippen LogP contribution in [0.4, 0.5) is 4.39 Å². The minimum absolute atomic E-state index is 0.0475. The number of ether oxygens (including phenoxy) is 1. The number of rotatable bonds is 6. The van der Waals surface area contributed by atoms with E-state index in [1.807, 2.05) is 0 Å². The number of carboxylic acids is 1. The number of benzene rings is 2. The third kappa shape index (κ3) is 4.84. The summed E-state index contributed by atoms with van der Waals surface area (Å²) in [5.74, 6) is -1.63. The fourth-order valence-electron chi connectivity index (χ4n) is 3.11. The minimum Gasteiger partial charge on any atom is -0.478 e. The van der Waals surface area contributed by atoms with Crippen molar-refractivity contribution in [2.75, 3.05) is 6.61 Å². The van der Waals surface area contributed by atoms with Crippen molar-refractivity contribution in [3.63, 3.8) is 0 Å². The summed E-state index contributed by atoms with van der Waals surface area (Å²) >= 11 is 5.72. The van der Waals surface area contributed by atoms with Gasteiger partial charge in [0.15, 0.2) is 0 Å². The van der Waals surface area contributed by atoms with Gasteiger partial charge in [0.2, 0.25) is 5.91 Å². The Labute approximate surface area is 161 Å². The van der Waals surface area contributed by atoms with Crippen LogP contribution >= 0.6 is 11.6 Å². The summed E-state index contributed by atoms with van der Waals surface area (Å²) < 4.78 is 19.4. The molecule has 142 valence electrons. The summed E-state index contributed by atoms with van der Waals surface area (Å²) in [6, 6.07) is 10.7. The molecule has 2 atom stereocenters. The number of halogens is 2. The number of aromatic carboxylic acids is 1. The van der Waals surface area contributed by atoms with Gasteiger partial charge in [0, 0.05) is 13.0 Å². The lowest BCUT2D eigenvalue weighted by Crippen LogP contribution is -2.36. The van der Waals surface area contributed by atoms with Crippen LogP contribution in [0, 0.1) is 5.82 Å². The van der Waals surface area contributed by atoms with Crippen LogP contribution in [0.25, 0.3) is 0 Å². The molecule has 1 aliphatic heterocycles. The van der Waals surface area contributed by atoms with E-state index in [1.165, 1.54) is 24.3 Å². The van der Waals surface area contributed by atoms with Crippen molar-refractivity contribution in [1.82, 2.24) is 5.32 Å². The molecule has 2 unspecified atom stereocenters. The number of amides is 1. The Morgan fingerprint density at radius 2 is 1.96 bits per heavy atom. The van der Waals surface area contributed by atoms with Crippen molar-refractivity contribution in [2.24, 2.45) is 0 Å².